The Morgan fingerprint density at radius 1 is 1.38 bits per heavy atom. The lowest BCUT2D eigenvalue weighted by Gasteiger charge is -2.31. The number of aliphatic hydroxyl groups excluding tert-OH is 1. The quantitative estimate of drug-likeness (QED) is 0.825. The van der Waals surface area contributed by atoms with E-state index in [4.69, 9.17) is 0 Å². The predicted molar refractivity (Wildman–Crippen MR) is 87.7 cm³/mol. The van der Waals surface area contributed by atoms with Gasteiger partial charge in [0.25, 0.3) is 5.91 Å². The van der Waals surface area contributed by atoms with Crippen molar-refractivity contribution in [1.82, 2.24) is 10.2 Å². The van der Waals surface area contributed by atoms with E-state index in [1.54, 1.807) is 12.1 Å². The summed E-state index contributed by atoms with van der Waals surface area (Å²) in [4.78, 5) is 37.1. The van der Waals surface area contributed by atoms with E-state index in [2.05, 4.69) is 18.8 Å². The maximum Gasteiger partial charge on any atom is 0.257 e. The number of allylic oxidation sites excluding steroid dienone is 1. The average Bonchev–Trinajstić information content (AvgIpc) is 2.79. The van der Waals surface area contributed by atoms with Crippen LogP contribution in [0.25, 0.3) is 5.57 Å². The lowest BCUT2D eigenvalue weighted by Crippen LogP contribution is -2.53. The standard InChI is InChI=1S/C18H20N2O4/c1-3-4-10(2)11-5-6-12-13(9-11)18(24)20(17(12)23)14-7-8-15(21)19-16(14)22/h5-6,9,14,18,24H,2-4,7-8H2,1H3,(H,19,21,22). The molecule has 3 amide bonds. The highest BCUT2D eigenvalue weighted by molar-refractivity contribution is 6.05. The van der Waals surface area contributed by atoms with Crippen molar-refractivity contribution in [2.24, 2.45) is 0 Å². The van der Waals surface area contributed by atoms with Crippen LogP contribution in [-0.2, 0) is 9.59 Å². The second-order valence-corrected chi connectivity index (χ2v) is 6.21. The van der Waals surface area contributed by atoms with E-state index in [1.807, 2.05) is 6.07 Å². The molecule has 126 valence electrons. The molecule has 2 atom stereocenters. The minimum absolute atomic E-state index is 0.155. The molecule has 0 radical (unpaired) electrons. The first-order valence-electron chi connectivity index (χ1n) is 8.10. The molecule has 1 aromatic carbocycles. The van der Waals surface area contributed by atoms with Gasteiger partial charge in [0.05, 0.1) is 0 Å². The van der Waals surface area contributed by atoms with Crippen LogP contribution in [0.4, 0.5) is 0 Å². The van der Waals surface area contributed by atoms with E-state index in [0.29, 0.717) is 11.1 Å². The SMILES string of the molecule is C=C(CCC)c1ccc2c(c1)C(O)N(C1CCC(=O)NC1=O)C2=O. The van der Waals surface area contributed by atoms with Crippen molar-refractivity contribution < 1.29 is 19.5 Å². The molecule has 2 heterocycles. The van der Waals surface area contributed by atoms with Gasteiger partial charge in [-0.2, -0.15) is 0 Å². The molecule has 2 unspecified atom stereocenters. The van der Waals surface area contributed by atoms with Crippen molar-refractivity contribution in [1.29, 1.82) is 0 Å². The van der Waals surface area contributed by atoms with Crippen molar-refractivity contribution in [3.05, 3.63) is 41.5 Å². The molecule has 24 heavy (non-hydrogen) atoms. The molecule has 0 bridgehead atoms. The van der Waals surface area contributed by atoms with Crippen LogP contribution >= 0.6 is 0 Å². The Labute approximate surface area is 140 Å². The van der Waals surface area contributed by atoms with Gasteiger partial charge >= 0.3 is 0 Å². The number of benzene rings is 1. The summed E-state index contributed by atoms with van der Waals surface area (Å²) in [5.74, 6) is -1.28. The van der Waals surface area contributed by atoms with Crippen LogP contribution in [0.5, 0.6) is 0 Å². The molecular weight excluding hydrogens is 308 g/mol. The zero-order chi connectivity index (χ0) is 17.4. The van der Waals surface area contributed by atoms with Crippen LogP contribution in [0.2, 0.25) is 0 Å². The number of hydrogen-bond acceptors (Lipinski definition) is 4. The number of piperidine rings is 1. The number of nitrogens with one attached hydrogen (secondary N) is 1. The summed E-state index contributed by atoms with van der Waals surface area (Å²) in [5.41, 5.74) is 2.70. The van der Waals surface area contributed by atoms with E-state index in [-0.39, 0.29) is 24.7 Å². The number of fused-ring (bicyclic) bond motifs is 1. The molecule has 0 aliphatic carbocycles. The summed E-state index contributed by atoms with van der Waals surface area (Å²) < 4.78 is 0. The molecule has 2 N–H and O–H groups in total. The molecule has 3 rings (SSSR count). The molecule has 6 heteroatoms. The second-order valence-electron chi connectivity index (χ2n) is 6.21. The van der Waals surface area contributed by atoms with Gasteiger partial charge in [-0.25, -0.2) is 0 Å². The normalized spacial score (nSPS) is 23.2. The van der Waals surface area contributed by atoms with E-state index >= 15 is 0 Å². The lowest BCUT2D eigenvalue weighted by atomic mass is 9.98. The van der Waals surface area contributed by atoms with Crippen LogP contribution in [0.3, 0.4) is 0 Å². The molecule has 1 saturated heterocycles. The van der Waals surface area contributed by atoms with Gasteiger partial charge in [0.15, 0.2) is 6.23 Å². The molecule has 2 aliphatic rings. The number of imide groups is 1. The van der Waals surface area contributed by atoms with Gasteiger partial charge in [-0.15, -0.1) is 0 Å². The second kappa shape index (κ2) is 6.20. The molecule has 2 aliphatic heterocycles. The smallest absolute Gasteiger partial charge is 0.257 e. The van der Waals surface area contributed by atoms with Crippen LogP contribution in [-0.4, -0.2) is 33.8 Å². The minimum atomic E-state index is -1.19. The first-order chi connectivity index (χ1) is 11.4. The van der Waals surface area contributed by atoms with Crippen molar-refractivity contribution >= 4 is 23.3 Å². The molecular formula is C18H20N2O4. The topological polar surface area (TPSA) is 86.7 Å². The fourth-order valence-electron chi connectivity index (χ4n) is 3.30. The number of carbonyl (C=O) groups is 3. The van der Waals surface area contributed by atoms with Gasteiger partial charge in [-0.3, -0.25) is 24.6 Å². The van der Waals surface area contributed by atoms with Crippen molar-refractivity contribution in [2.75, 3.05) is 0 Å². The Balaban J connectivity index is 1.91. The Morgan fingerprint density at radius 3 is 2.79 bits per heavy atom. The highest BCUT2D eigenvalue weighted by atomic mass is 16.3. The largest absolute Gasteiger partial charge is 0.369 e. The Morgan fingerprint density at radius 2 is 2.12 bits per heavy atom. The fourth-order valence-corrected chi connectivity index (χ4v) is 3.30. The zero-order valence-corrected chi connectivity index (χ0v) is 13.5. The van der Waals surface area contributed by atoms with Gasteiger partial charge in [-0.05, 0) is 36.1 Å². The molecule has 0 aromatic heterocycles. The average molecular weight is 328 g/mol. The Hall–Kier alpha value is -2.47. The number of carbonyl (C=O) groups excluding carboxylic acids is 3. The van der Waals surface area contributed by atoms with Crippen molar-refractivity contribution in [2.45, 2.75) is 44.9 Å². The first-order valence-corrected chi connectivity index (χ1v) is 8.10. The van der Waals surface area contributed by atoms with Crippen LogP contribution in [0.15, 0.2) is 24.8 Å². The van der Waals surface area contributed by atoms with Crippen molar-refractivity contribution in [3.8, 4) is 0 Å². The summed E-state index contributed by atoms with van der Waals surface area (Å²) in [6.07, 6.45) is 0.976. The number of amides is 3. The van der Waals surface area contributed by atoms with Crippen molar-refractivity contribution in [3.63, 3.8) is 0 Å². The Bertz CT molecular complexity index is 741. The molecule has 0 spiro atoms. The molecule has 6 nitrogen and oxygen atoms in total. The number of hydrogen-bond donors (Lipinski definition) is 2. The number of rotatable bonds is 4. The van der Waals surface area contributed by atoms with Crippen LogP contribution in [0.1, 0.15) is 60.3 Å². The van der Waals surface area contributed by atoms with Gasteiger partial charge in [0.1, 0.15) is 6.04 Å². The summed E-state index contributed by atoms with van der Waals surface area (Å²) in [5, 5.41) is 12.8. The maximum absolute atomic E-state index is 12.6. The first kappa shape index (κ1) is 16.4. The third-order valence-electron chi connectivity index (χ3n) is 4.56. The minimum Gasteiger partial charge on any atom is -0.369 e. The monoisotopic (exact) mass is 328 g/mol. The maximum atomic E-state index is 12.6. The summed E-state index contributed by atoms with van der Waals surface area (Å²) in [6, 6.07) is 4.42. The van der Waals surface area contributed by atoms with Gasteiger partial charge < -0.3 is 5.11 Å². The summed E-state index contributed by atoms with van der Waals surface area (Å²) in [6.45, 7) is 6.09. The third-order valence-corrected chi connectivity index (χ3v) is 4.56. The zero-order valence-electron chi connectivity index (χ0n) is 13.5. The predicted octanol–water partition coefficient (Wildman–Crippen LogP) is 1.75. The number of aliphatic hydroxyl groups is 1. The summed E-state index contributed by atoms with van der Waals surface area (Å²) >= 11 is 0. The van der Waals surface area contributed by atoms with Gasteiger partial charge in [0, 0.05) is 17.5 Å². The lowest BCUT2D eigenvalue weighted by molar-refractivity contribution is -0.139. The fraction of sp³-hybridized carbons (Fsp3) is 0.389. The molecule has 1 fully saturated rings. The highest BCUT2D eigenvalue weighted by Gasteiger charge is 2.44. The van der Waals surface area contributed by atoms with E-state index in [0.717, 1.165) is 24.0 Å². The number of nitrogens with zero attached hydrogens (tertiary/aromatic N) is 1. The van der Waals surface area contributed by atoms with E-state index < -0.39 is 18.2 Å². The van der Waals surface area contributed by atoms with E-state index in [9.17, 15) is 19.5 Å². The molecule has 0 saturated carbocycles. The van der Waals surface area contributed by atoms with E-state index in [1.165, 1.54) is 4.90 Å². The van der Waals surface area contributed by atoms with Gasteiger partial charge in [0.2, 0.25) is 11.8 Å². The Kier molecular flexibility index (Phi) is 4.24. The molecule has 1 aromatic rings. The van der Waals surface area contributed by atoms with Crippen LogP contribution < -0.4 is 5.32 Å². The van der Waals surface area contributed by atoms with Crippen LogP contribution in [0, 0.1) is 0 Å². The summed E-state index contributed by atoms with van der Waals surface area (Å²) in [7, 11) is 0. The van der Waals surface area contributed by atoms with Gasteiger partial charge in [-0.1, -0.05) is 26.0 Å². The highest BCUT2D eigenvalue weighted by Crippen LogP contribution is 2.36. The third kappa shape index (κ3) is 2.63.